The van der Waals surface area contributed by atoms with Gasteiger partial charge >= 0.3 is 0 Å². The van der Waals surface area contributed by atoms with Crippen LogP contribution in [0.5, 0.6) is 0 Å². The highest BCUT2D eigenvalue weighted by Gasteiger charge is 2.14. The summed E-state index contributed by atoms with van der Waals surface area (Å²) in [7, 11) is 0. The van der Waals surface area contributed by atoms with Gasteiger partial charge in [-0.25, -0.2) is 9.97 Å². The van der Waals surface area contributed by atoms with Crippen molar-refractivity contribution in [2.45, 2.75) is 6.54 Å². The van der Waals surface area contributed by atoms with Gasteiger partial charge in [0.2, 0.25) is 5.89 Å². The Labute approximate surface area is 168 Å². The molecule has 0 radical (unpaired) electrons. The molecule has 7 nitrogen and oxygen atoms in total. The van der Waals surface area contributed by atoms with Gasteiger partial charge in [-0.15, -0.1) is 0 Å². The van der Waals surface area contributed by atoms with Crippen molar-refractivity contribution in [3.8, 4) is 22.6 Å². The summed E-state index contributed by atoms with van der Waals surface area (Å²) in [5.74, 6) is 0.834. The maximum absolute atomic E-state index is 6.11. The van der Waals surface area contributed by atoms with Gasteiger partial charge in [-0.2, -0.15) is 0 Å². The van der Waals surface area contributed by atoms with Crippen LogP contribution in [0.3, 0.4) is 0 Å². The van der Waals surface area contributed by atoms with Crippen molar-refractivity contribution in [3.63, 3.8) is 0 Å². The number of benzene rings is 1. The monoisotopic (exact) mass is 387 g/mol. The number of pyridine rings is 2. The van der Waals surface area contributed by atoms with E-state index in [0.717, 1.165) is 49.5 Å². The first kappa shape index (κ1) is 17.8. The lowest BCUT2D eigenvalue weighted by Crippen LogP contribution is -2.35. The van der Waals surface area contributed by atoms with Gasteiger partial charge in [0.05, 0.1) is 25.0 Å². The topological polar surface area (TPSA) is 90.3 Å². The van der Waals surface area contributed by atoms with Gasteiger partial charge < -0.3 is 14.9 Å². The second-order valence-electron chi connectivity index (χ2n) is 7.10. The summed E-state index contributed by atoms with van der Waals surface area (Å²) in [5, 5.41) is 0. The summed E-state index contributed by atoms with van der Waals surface area (Å²) in [6, 6.07) is 12.3. The van der Waals surface area contributed by atoms with Crippen LogP contribution in [-0.4, -0.2) is 46.2 Å². The minimum absolute atomic E-state index is 0.386. The van der Waals surface area contributed by atoms with E-state index in [4.69, 9.17) is 14.9 Å². The molecule has 1 aliphatic rings. The molecule has 0 amide bonds. The van der Waals surface area contributed by atoms with E-state index in [2.05, 4.69) is 44.1 Å². The zero-order valence-corrected chi connectivity index (χ0v) is 15.9. The number of hydrogen-bond donors (Lipinski definition) is 1. The van der Waals surface area contributed by atoms with Gasteiger partial charge in [-0.05, 0) is 23.3 Å². The van der Waals surface area contributed by atoms with E-state index in [-0.39, 0.29) is 0 Å². The number of ether oxygens (including phenoxy) is 1. The number of nitrogen functional groups attached to an aromatic ring is 1. The van der Waals surface area contributed by atoms with Crippen LogP contribution in [-0.2, 0) is 11.3 Å². The number of hydrogen-bond acceptors (Lipinski definition) is 7. The highest BCUT2D eigenvalue weighted by atomic mass is 16.5. The molecule has 1 fully saturated rings. The van der Waals surface area contributed by atoms with Gasteiger partial charge in [-0.1, -0.05) is 24.3 Å². The Hall–Kier alpha value is -3.29. The fourth-order valence-electron chi connectivity index (χ4n) is 3.52. The Morgan fingerprint density at radius 3 is 2.62 bits per heavy atom. The van der Waals surface area contributed by atoms with Crippen molar-refractivity contribution < 1.29 is 9.15 Å². The molecule has 1 saturated heterocycles. The van der Waals surface area contributed by atoms with Crippen molar-refractivity contribution in [2.24, 2.45) is 0 Å². The maximum atomic E-state index is 6.11. The fourth-order valence-corrected chi connectivity index (χ4v) is 3.52. The molecule has 4 aromatic rings. The number of anilines is 1. The first-order valence-corrected chi connectivity index (χ1v) is 9.62. The lowest BCUT2D eigenvalue weighted by Gasteiger charge is -2.26. The van der Waals surface area contributed by atoms with Crippen LogP contribution in [0.1, 0.15) is 5.56 Å². The number of rotatable bonds is 4. The zero-order valence-electron chi connectivity index (χ0n) is 15.9. The number of oxazole rings is 1. The lowest BCUT2D eigenvalue weighted by molar-refractivity contribution is 0.0342. The molecule has 1 aromatic carbocycles. The molecule has 2 N–H and O–H groups in total. The largest absolute Gasteiger partial charge is 0.434 e. The predicted octanol–water partition coefficient (Wildman–Crippen LogP) is 3.37. The average molecular weight is 387 g/mol. The van der Waals surface area contributed by atoms with Crippen molar-refractivity contribution in [1.29, 1.82) is 0 Å². The van der Waals surface area contributed by atoms with Gasteiger partial charge in [-0.3, -0.25) is 9.88 Å². The summed E-state index contributed by atoms with van der Waals surface area (Å²) in [6.07, 6.45) is 5.11. The van der Waals surface area contributed by atoms with E-state index < -0.39 is 0 Å². The van der Waals surface area contributed by atoms with Gasteiger partial charge in [0.25, 0.3) is 0 Å². The van der Waals surface area contributed by atoms with Crippen LogP contribution in [0.2, 0.25) is 0 Å². The van der Waals surface area contributed by atoms with Crippen molar-refractivity contribution in [2.75, 3.05) is 32.0 Å². The van der Waals surface area contributed by atoms with E-state index in [1.165, 1.54) is 5.56 Å². The molecular formula is C22H21N5O2. The van der Waals surface area contributed by atoms with Crippen LogP contribution in [0, 0.1) is 0 Å². The van der Waals surface area contributed by atoms with E-state index in [9.17, 15) is 0 Å². The third-order valence-corrected chi connectivity index (χ3v) is 5.14. The van der Waals surface area contributed by atoms with Crippen LogP contribution in [0.25, 0.3) is 33.7 Å². The first-order chi connectivity index (χ1) is 14.3. The number of nitrogens with zero attached hydrogens (tertiary/aromatic N) is 4. The standard InChI is InChI=1S/C22H21N5O2/c23-21-18(22-26-19-5-6-24-13-20(19)29-22)11-17(12-25-21)16-3-1-15(2-4-16)14-27-7-9-28-10-8-27/h1-6,11-13H,7-10,14H2,(H2,23,25). The third kappa shape index (κ3) is 3.70. The van der Waals surface area contributed by atoms with Gasteiger partial charge in [0.1, 0.15) is 11.3 Å². The molecule has 29 heavy (non-hydrogen) atoms. The normalized spacial score (nSPS) is 15.0. The summed E-state index contributed by atoms with van der Waals surface area (Å²) < 4.78 is 11.2. The second kappa shape index (κ2) is 7.62. The highest BCUT2D eigenvalue weighted by Crippen LogP contribution is 2.31. The maximum Gasteiger partial charge on any atom is 0.231 e. The summed E-state index contributed by atoms with van der Waals surface area (Å²) in [6.45, 7) is 4.51. The van der Waals surface area contributed by atoms with Crippen LogP contribution >= 0.6 is 0 Å². The molecule has 4 heterocycles. The summed E-state index contributed by atoms with van der Waals surface area (Å²) >= 11 is 0. The molecule has 146 valence electrons. The smallest absolute Gasteiger partial charge is 0.231 e. The molecule has 0 atom stereocenters. The molecule has 0 aliphatic carbocycles. The predicted molar refractivity (Wildman–Crippen MR) is 111 cm³/mol. The zero-order chi connectivity index (χ0) is 19.6. The average Bonchev–Trinajstić information content (AvgIpc) is 3.19. The molecule has 3 aromatic heterocycles. The molecule has 0 saturated carbocycles. The Morgan fingerprint density at radius 1 is 1.00 bits per heavy atom. The third-order valence-electron chi connectivity index (χ3n) is 5.14. The lowest BCUT2D eigenvalue weighted by atomic mass is 10.0. The van der Waals surface area contributed by atoms with Crippen LogP contribution in [0.4, 0.5) is 5.82 Å². The fraction of sp³-hybridized carbons (Fsp3) is 0.227. The Morgan fingerprint density at radius 2 is 1.83 bits per heavy atom. The molecule has 5 rings (SSSR count). The Kier molecular flexibility index (Phi) is 4.67. The van der Waals surface area contributed by atoms with E-state index in [1.54, 1.807) is 18.6 Å². The minimum Gasteiger partial charge on any atom is -0.434 e. The van der Waals surface area contributed by atoms with Gasteiger partial charge in [0.15, 0.2) is 5.58 Å². The minimum atomic E-state index is 0.386. The molecule has 0 bridgehead atoms. The van der Waals surface area contributed by atoms with Crippen molar-refractivity contribution >= 4 is 16.9 Å². The van der Waals surface area contributed by atoms with Crippen molar-refractivity contribution in [3.05, 3.63) is 60.6 Å². The van der Waals surface area contributed by atoms with Crippen molar-refractivity contribution in [1.82, 2.24) is 19.9 Å². The molecule has 0 spiro atoms. The molecule has 1 aliphatic heterocycles. The molecule has 7 heteroatoms. The van der Waals surface area contributed by atoms with E-state index >= 15 is 0 Å². The van der Waals surface area contributed by atoms with E-state index in [0.29, 0.717) is 22.9 Å². The Bertz CT molecular complexity index is 1100. The van der Waals surface area contributed by atoms with Gasteiger partial charge in [0, 0.05) is 37.6 Å². The summed E-state index contributed by atoms with van der Waals surface area (Å²) in [5.41, 5.74) is 11.5. The second-order valence-corrected chi connectivity index (χ2v) is 7.10. The molecule has 0 unspecified atom stereocenters. The summed E-state index contributed by atoms with van der Waals surface area (Å²) in [4.78, 5) is 15.3. The number of aromatic nitrogens is 3. The number of nitrogens with two attached hydrogens (primary N) is 1. The number of morpholine rings is 1. The van der Waals surface area contributed by atoms with E-state index in [1.807, 2.05) is 12.1 Å². The molecular weight excluding hydrogens is 366 g/mol. The highest BCUT2D eigenvalue weighted by molar-refractivity contribution is 5.80. The van der Waals surface area contributed by atoms with Crippen LogP contribution < -0.4 is 5.73 Å². The Balaban J connectivity index is 1.41. The number of fused-ring (bicyclic) bond motifs is 1. The quantitative estimate of drug-likeness (QED) is 0.574. The first-order valence-electron chi connectivity index (χ1n) is 9.62. The van der Waals surface area contributed by atoms with Crippen LogP contribution in [0.15, 0.2) is 59.4 Å². The SMILES string of the molecule is Nc1ncc(-c2ccc(CN3CCOCC3)cc2)cc1-c1nc2ccncc2o1.